The second-order valence-corrected chi connectivity index (χ2v) is 7.51. The number of hydrogen-bond acceptors (Lipinski definition) is 6. The number of benzene rings is 1. The number of anilines is 1. The first-order valence-corrected chi connectivity index (χ1v) is 9.71. The number of aromatic nitrogens is 1. The molecule has 3 N–H and O–H groups in total. The Bertz CT molecular complexity index is 827. The van der Waals surface area contributed by atoms with E-state index in [2.05, 4.69) is 9.88 Å². The summed E-state index contributed by atoms with van der Waals surface area (Å²) in [4.78, 5) is 21.0. The highest BCUT2D eigenvalue weighted by atomic mass is 16.5. The van der Waals surface area contributed by atoms with Crippen LogP contribution in [0, 0.1) is 0 Å². The fourth-order valence-electron chi connectivity index (χ4n) is 4.10. The van der Waals surface area contributed by atoms with Crippen LogP contribution in [0.4, 0.5) is 5.82 Å². The Hall–Kier alpha value is -2.64. The number of pyridine rings is 1. The molecule has 2 fully saturated rings. The predicted molar refractivity (Wildman–Crippen MR) is 105 cm³/mol. The Morgan fingerprint density at radius 1 is 1.14 bits per heavy atom. The molecule has 7 heteroatoms. The molecular formula is C21H26N4O3. The Morgan fingerprint density at radius 3 is 2.71 bits per heavy atom. The monoisotopic (exact) mass is 382 g/mol. The number of nitrogen functional groups attached to an aromatic ring is 1. The molecule has 1 aromatic heterocycles. The van der Waals surface area contributed by atoms with Crippen molar-refractivity contribution < 1.29 is 14.6 Å². The van der Waals surface area contributed by atoms with Crippen LogP contribution in [0.3, 0.4) is 0 Å². The summed E-state index contributed by atoms with van der Waals surface area (Å²) in [6.45, 7) is 3.20. The number of ether oxygens (including phenoxy) is 1. The lowest BCUT2D eigenvalue weighted by molar-refractivity contribution is -0.158. The van der Waals surface area contributed by atoms with E-state index in [1.54, 1.807) is 18.3 Å². The van der Waals surface area contributed by atoms with Gasteiger partial charge in [0.2, 0.25) is 5.91 Å². The average Bonchev–Trinajstić information content (AvgIpc) is 2.90. The predicted octanol–water partition coefficient (Wildman–Crippen LogP) is 1.76. The van der Waals surface area contributed by atoms with Crippen LogP contribution in [0.25, 0.3) is 0 Å². The molecular weight excluding hydrogens is 356 g/mol. The molecule has 4 rings (SSSR count). The first-order valence-electron chi connectivity index (χ1n) is 9.71. The number of aromatic hydroxyl groups is 1. The summed E-state index contributed by atoms with van der Waals surface area (Å²) in [6, 6.07) is 11.0. The highest BCUT2D eigenvalue weighted by molar-refractivity contribution is 5.78. The third kappa shape index (κ3) is 4.10. The van der Waals surface area contributed by atoms with Crippen molar-refractivity contribution in [1.82, 2.24) is 14.8 Å². The third-order valence-corrected chi connectivity index (χ3v) is 5.65. The van der Waals surface area contributed by atoms with Crippen LogP contribution in [0.1, 0.15) is 24.0 Å². The molecule has 2 atom stereocenters. The second-order valence-electron chi connectivity index (χ2n) is 7.51. The molecule has 3 heterocycles. The maximum Gasteiger partial charge on any atom is 0.249 e. The SMILES string of the molecule is Nc1ncccc1CN1CC[C@@H]2OCC(=O)N(Cc3ccc(O)cc3)[C@H]2CC1. The number of morpholine rings is 1. The summed E-state index contributed by atoms with van der Waals surface area (Å²) >= 11 is 0. The minimum absolute atomic E-state index is 0.0271. The van der Waals surface area contributed by atoms with Crippen molar-refractivity contribution in [2.45, 2.75) is 38.1 Å². The van der Waals surface area contributed by atoms with E-state index in [4.69, 9.17) is 10.5 Å². The molecule has 2 aliphatic rings. The molecule has 1 aromatic carbocycles. The number of rotatable bonds is 4. The summed E-state index contributed by atoms with van der Waals surface area (Å²) in [7, 11) is 0. The van der Waals surface area contributed by atoms with E-state index in [1.165, 1.54) is 0 Å². The van der Waals surface area contributed by atoms with Crippen LogP contribution in [0.2, 0.25) is 0 Å². The maximum absolute atomic E-state index is 12.6. The van der Waals surface area contributed by atoms with Gasteiger partial charge in [-0.2, -0.15) is 0 Å². The van der Waals surface area contributed by atoms with E-state index in [9.17, 15) is 9.90 Å². The molecule has 1 amide bonds. The first kappa shape index (κ1) is 18.7. The zero-order valence-corrected chi connectivity index (χ0v) is 15.8. The van der Waals surface area contributed by atoms with Crippen LogP contribution >= 0.6 is 0 Å². The Balaban J connectivity index is 1.45. The minimum atomic E-state index is 0.0271. The third-order valence-electron chi connectivity index (χ3n) is 5.65. The number of carbonyl (C=O) groups excluding carboxylic acids is 1. The van der Waals surface area contributed by atoms with Crippen molar-refractivity contribution in [2.75, 3.05) is 25.4 Å². The number of hydrogen-bond donors (Lipinski definition) is 2. The fourth-order valence-corrected chi connectivity index (χ4v) is 4.10. The highest BCUT2D eigenvalue weighted by Gasteiger charge is 2.38. The van der Waals surface area contributed by atoms with E-state index in [-0.39, 0.29) is 30.4 Å². The lowest BCUT2D eigenvalue weighted by atomic mass is 10.0. The van der Waals surface area contributed by atoms with Gasteiger partial charge in [0, 0.05) is 37.9 Å². The van der Waals surface area contributed by atoms with Crippen molar-refractivity contribution in [3.05, 3.63) is 53.7 Å². The lowest BCUT2D eigenvalue weighted by Gasteiger charge is -2.40. The second kappa shape index (κ2) is 8.16. The van der Waals surface area contributed by atoms with Crippen molar-refractivity contribution in [2.24, 2.45) is 0 Å². The van der Waals surface area contributed by atoms with Gasteiger partial charge in [-0.25, -0.2) is 4.98 Å². The molecule has 0 bridgehead atoms. The Morgan fingerprint density at radius 2 is 1.93 bits per heavy atom. The van der Waals surface area contributed by atoms with Gasteiger partial charge >= 0.3 is 0 Å². The Kier molecular flexibility index (Phi) is 5.45. The minimum Gasteiger partial charge on any atom is -0.508 e. The summed E-state index contributed by atoms with van der Waals surface area (Å²) in [5.41, 5.74) is 8.04. The molecule has 2 aromatic rings. The molecule has 2 aliphatic heterocycles. The lowest BCUT2D eigenvalue weighted by Crippen LogP contribution is -2.53. The number of nitrogens with two attached hydrogens (primary N) is 1. The summed E-state index contributed by atoms with van der Waals surface area (Å²) in [6.07, 6.45) is 3.49. The number of likely N-dealkylation sites (tertiary alicyclic amines) is 1. The van der Waals surface area contributed by atoms with Crippen LogP contribution in [-0.4, -0.2) is 57.6 Å². The van der Waals surface area contributed by atoms with Crippen molar-refractivity contribution in [3.8, 4) is 5.75 Å². The van der Waals surface area contributed by atoms with Crippen LogP contribution in [0.15, 0.2) is 42.6 Å². The standard InChI is InChI=1S/C21H26N4O3/c22-21-16(2-1-9-23-21)13-24-10-7-18-19(8-11-24)28-14-20(27)25(18)12-15-3-5-17(26)6-4-15/h1-6,9,18-19,26H,7-8,10-14H2,(H2,22,23)/t18-,19-/m0/s1. The van der Waals surface area contributed by atoms with Crippen molar-refractivity contribution in [3.63, 3.8) is 0 Å². The molecule has 0 spiro atoms. The van der Waals surface area contributed by atoms with E-state index < -0.39 is 0 Å². The molecule has 0 radical (unpaired) electrons. The topological polar surface area (TPSA) is 91.9 Å². The largest absolute Gasteiger partial charge is 0.508 e. The van der Waals surface area contributed by atoms with Gasteiger partial charge in [-0.15, -0.1) is 0 Å². The van der Waals surface area contributed by atoms with Gasteiger partial charge in [-0.1, -0.05) is 18.2 Å². The normalized spacial score (nSPS) is 23.3. The molecule has 2 saturated heterocycles. The van der Waals surface area contributed by atoms with Gasteiger partial charge in [-0.05, 0) is 36.6 Å². The van der Waals surface area contributed by atoms with Gasteiger partial charge in [0.1, 0.15) is 18.2 Å². The summed E-state index contributed by atoms with van der Waals surface area (Å²) < 4.78 is 5.89. The number of carbonyl (C=O) groups is 1. The van der Waals surface area contributed by atoms with E-state index in [0.717, 1.165) is 43.6 Å². The molecule has 148 valence electrons. The van der Waals surface area contributed by atoms with Gasteiger partial charge in [0.05, 0.1) is 12.1 Å². The smallest absolute Gasteiger partial charge is 0.249 e. The van der Waals surface area contributed by atoms with E-state index in [0.29, 0.717) is 12.4 Å². The van der Waals surface area contributed by atoms with Crippen molar-refractivity contribution >= 4 is 11.7 Å². The van der Waals surface area contributed by atoms with Gasteiger partial charge in [0.25, 0.3) is 0 Å². The Labute approximate surface area is 164 Å². The average molecular weight is 382 g/mol. The zero-order chi connectivity index (χ0) is 19.5. The van der Waals surface area contributed by atoms with Crippen LogP contribution in [0.5, 0.6) is 5.75 Å². The van der Waals surface area contributed by atoms with Crippen LogP contribution < -0.4 is 5.73 Å². The number of phenolic OH excluding ortho intramolecular Hbond substituents is 1. The van der Waals surface area contributed by atoms with E-state index in [1.807, 2.05) is 29.2 Å². The summed E-state index contributed by atoms with van der Waals surface area (Å²) in [5, 5.41) is 9.49. The zero-order valence-electron chi connectivity index (χ0n) is 15.8. The van der Waals surface area contributed by atoms with E-state index >= 15 is 0 Å². The van der Waals surface area contributed by atoms with Gasteiger partial charge in [0.15, 0.2) is 0 Å². The highest BCUT2D eigenvalue weighted by Crippen LogP contribution is 2.27. The fraction of sp³-hybridized carbons (Fsp3) is 0.429. The number of nitrogens with zero attached hydrogens (tertiary/aromatic N) is 3. The maximum atomic E-state index is 12.6. The number of phenols is 1. The number of amides is 1. The first-order chi connectivity index (χ1) is 13.6. The number of fused-ring (bicyclic) bond motifs is 1. The molecule has 28 heavy (non-hydrogen) atoms. The molecule has 7 nitrogen and oxygen atoms in total. The molecule has 0 unspecified atom stereocenters. The van der Waals surface area contributed by atoms with Crippen molar-refractivity contribution in [1.29, 1.82) is 0 Å². The molecule has 0 saturated carbocycles. The van der Waals surface area contributed by atoms with Gasteiger partial charge in [-0.3, -0.25) is 9.69 Å². The van der Waals surface area contributed by atoms with Crippen LogP contribution in [-0.2, 0) is 22.6 Å². The quantitative estimate of drug-likeness (QED) is 0.837. The summed E-state index contributed by atoms with van der Waals surface area (Å²) in [5.74, 6) is 0.832. The van der Waals surface area contributed by atoms with Gasteiger partial charge < -0.3 is 20.5 Å². The molecule has 0 aliphatic carbocycles.